The molecule has 1 aromatic carbocycles. The summed E-state index contributed by atoms with van der Waals surface area (Å²) in [7, 11) is 0. The Morgan fingerprint density at radius 3 is 2.56 bits per heavy atom. The van der Waals surface area contributed by atoms with E-state index in [1.54, 1.807) is 6.20 Å². The molecule has 0 spiro atoms. The van der Waals surface area contributed by atoms with E-state index in [9.17, 15) is 4.79 Å². The highest BCUT2D eigenvalue weighted by Crippen LogP contribution is 2.15. The molecule has 0 saturated heterocycles. The molecule has 0 aliphatic carbocycles. The molecule has 0 unspecified atom stereocenters. The largest absolute Gasteiger partial charge is 0.370 e. The van der Waals surface area contributed by atoms with Crippen LogP contribution in [0.2, 0.25) is 0 Å². The summed E-state index contributed by atoms with van der Waals surface area (Å²) in [6, 6.07) is 12.1. The minimum absolute atomic E-state index is 0.258. The third-order valence-corrected chi connectivity index (χ3v) is 2.88. The van der Waals surface area contributed by atoms with Gasteiger partial charge in [-0.3, -0.25) is 9.78 Å². The van der Waals surface area contributed by atoms with E-state index in [-0.39, 0.29) is 5.91 Å². The van der Waals surface area contributed by atoms with Gasteiger partial charge in [0.2, 0.25) is 5.91 Å². The summed E-state index contributed by atoms with van der Waals surface area (Å²) < 4.78 is 0. The number of hydrogen-bond donors (Lipinski definition) is 1. The van der Waals surface area contributed by atoms with Gasteiger partial charge in [0.15, 0.2) is 0 Å². The van der Waals surface area contributed by atoms with Crippen molar-refractivity contribution in [3.05, 3.63) is 65.5 Å². The molecule has 0 saturated carbocycles. The zero-order chi connectivity index (χ0) is 12.8. The number of hydrogen-bond acceptors (Lipinski definition) is 2. The van der Waals surface area contributed by atoms with Gasteiger partial charge in [-0.1, -0.05) is 30.3 Å². The molecule has 3 nitrogen and oxygen atoms in total. The van der Waals surface area contributed by atoms with Crippen molar-refractivity contribution in [1.29, 1.82) is 0 Å². The van der Waals surface area contributed by atoms with Gasteiger partial charge in [-0.15, -0.1) is 0 Å². The smallest absolute Gasteiger partial charge is 0.217 e. The summed E-state index contributed by atoms with van der Waals surface area (Å²) in [5.74, 6) is -0.258. The first-order valence-corrected chi connectivity index (χ1v) is 5.99. The Morgan fingerprint density at radius 2 is 1.89 bits per heavy atom. The summed E-state index contributed by atoms with van der Waals surface area (Å²) >= 11 is 0. The third-order valence-electron chi connectivity index (χ3n) is 2.88. The zero-order valence-electron chi connectivity index (χ0n) is 10.2. The van der Waals surface area contributed by atoms with Crippen molar-refractivity contribution < 1.29 is 4.79 Å². The van der Waals surface area contributed by atoms with Gasteiger partial charge in [-0.2, -0.15) is 0 Å². The second-order valence-electron chi connectivity index (χ2n) is 4.27. The van der Waals surface area contributed by atoms with Crippen molar-refractivity contribution in [2.45, 2.75) is 19.3 Å². The van der Waals surface area contributed by atoms with Crippen molar-refractivity contribution >= 4 is 5.91 Å². The molecule has 0 radical (unpaired) electrons. The van der Waals surface area contributed by atoms with Gasteiger partial charge in [0.1, 0.15) is 0 Å². The molecule has 18 heavy (non-hydrogen) atoms. The lowest BCUT2D eigenvalue weighted by molar-refractivity contribution is -0.117. The first-order chi connectivity index (χ1) is 8.75. The number of carbonyl (C=O) groups is 1. The fraction of sp³-hybridized carbons (Fsp3) is 0.200. The molecule has 0 atom stereocenters. The van der Waals surface area contributed by atoms with Gasteiger partial charge in [0.25, 0.3) is 0 Å². The third kappa shape index (κ3) is 3.42. The maximum absolute atomic E-state index is 10.9. The minimum atomic E-state index is -0.258. The first-order valence-electron chi connectivity index (χ1n) is 5.99. The van der Waals surface area contributed by atoms with Crippen LogP contribution in [0.4, 0.5) is 0 Å². The minimum Gasteiger partial charge on any atom is -0.370 e. The number of primary amides is 1. The van der Waals surface area contributed by atoms with Crippen LogP contribution in [0.3, 0.4) is 0 Å². The molecule has 2 N–H and O–H groups in total. The van der Waals surface area contributed by atoms with Crippen molar-refractivity contribution in [2.75, 3.05) is 0 Å². The van der Waals surface area contributed by atoms with Crippen molar-refractivity contribution in [3.8, 4) is 0 Å². The maximum atomic E-state index is 10.9. The van der Waals surface area contributed by atoms with Gasteiger partial charge in [0.05, 0.1) is 0 Å². The Morgan fingerprint density at radius 1 is 1.11 bits per heavy atom. The second kappa shape index (κ2) is 5.96. The molecule has 1 aromatic heterocycles. The lowest BCUT2D eigenvalue weighted by atomic mass is 9.97. The molecule has 0 aliphatic rings. The molecule has 1 amide bonds. The monoisotopic (exact) mass is 240 g/mol. The fourth-order valence-corrected chi connectivity index (χ4v) is 1.95. The van der Waals surface area contributed by atoms with Crippen LogP contribution in [0.5, 0.6) is 0 Å². The topological polar surface area (TPSA) is 56.0 Å². The number of nitrogens with two attached hydrogens (primary N) is 1. The number of aryl methyl sites for hydroxylation is 1. The molecule has 3 heteroatoms. The van der Waals surface area contributed by atoms with E-state index in [4.69, 9.17) is 5.73 Å². The Kier molecular flexibility index (Phi) is 4.07. The van der Waals surface area contributed by atoms with Gasteiger partial charge in [-0.25, -0.2) is 0 Å². The zero-order valence-corrected chi connectivity index (χ0v) is 10.2. The number of aromatic nitrogens is 1. The summed E-state index contributed by atoms with van der Waals surface area (Å²) in [4.78, 5) is 15.0. The highest BCUT2D eigenvalue weighted by Gasteiger charge is 2.04. The van der Waals surface area contributed by atoms with Gasteiger partial charge >= 0.3 is 0 Å². The van der Waals surface area contributed by atoms with Crippen LogP contribution in [0.25, 0.3) is 0 Å². The van der Waals surface area contributed by atoms with Crippen molar-refractivity contribution in [1.82, 2.24) is 4.98 Å². The van der Waals surface area contributed by atoms with Gasteiger partial charge < -0.3 is 5.73 Å². The Hall–Kier alpha value is -2.16. The molecule has 1 heterocycles. The van der Waals surface area contributed by atoms with E-state index in [0.29, 0.717) is 12.8 Å². The van der Waals surface area contributed by atoms with E-state index in [1.807, 2.05) is 24.4 Å². The number of nitrogens with zero attached hydrogens (tertiary/aromatic N) is 1. The predicted molar refractivity (Wildman–Crippen MR) is 71.0 cm³/mol. The highest BCUT2D eigenvalue weighted by molar-refractivity contribution is 5.74. The van der Waals surface area contributed by atoms with Crippen molar-refractivity contribution in [3.63, 3.8) is 0 Å². The molecule has 0 fully saturated rings. The molecular formula is C15H16N2O. The number of carbonyl (C=O) groups excluding carboxylic acids is 1. The number of pyridine rings is 1. The van der Waals surface area contributed by atoms with Crippen LogP contribution in [0.15, 0.2) is 48.8 Å². The molecule has 0 bridgehead atoms. The number of rotatable bonds is 5. The van der Waals surface area contributed by atoms with Crippen LogP contribution in [-0.4, -0.2) is 10.9 Å². The fourth-order valence-electron chi connectivity index (χ4n) is 1.95. The summed E-state index contributed by atoms with van der Waals surface area (Å²) in [5.41, 5.74) is 8.77. The standard InChI is InChI=1S/C15H16N2O/c16-15(18)8-7-13-5-1-2-6-14(13)10-12-4-3-9-17-11-12/h1-6,9,11H,7-8,10H2,(H2,16,18). The Bertz CT molecular complexity index is 523. The maximum Gasteiger partial charge on any atom is 0.217 e. The van der Waals surface area contributed by atoms with Gasteiger partial charge in [-0.05, 0) is 35.6 Å². The average Bonchev–Trinajstić information content (AvgIpc) is 2.39. The van der Waals surface area contributed by atoms with E-state index in [1.165, 1.54) is 16.7 Å². The normalized spacial score (nSPS) is 10.2. The van der Waals surface area contributed by atoms with Crippen LogP contribution < -0.4 is 5.73 Å². The summed E-state index contributed by atoms with van der Waals surface area (Å²) in [6.07, 6.45) is 5.56. The lowest BCUT2D eigenvalue weighted by Gasteiger charge is -2.08. The number of benzene rings is 1. The molecule has 92 valence electrons. The van der Waals surface area contributed by atoms with Crippen LogP contribution in [-0.2, 0) is 17.6 Å². The SMILES string of the molecule is NC(=O)CCc1ccccc1Cc1cccnc1. The van der Waals surface area contributed by atoms with E-state index >= 15 is 0 Å². The summed E-state index contributed by atoms with van der Waals surface area (Å²) in [6.45, 7) is 0. The quantitative estimate of drug-likeness (QED) is 0.870. The van der Waals surface area contributed by atoms with E-state index in [0.717, 1.165) is 6.42 Å². The first kappa shape index (κ1) is 12.3. The Labute approximate surface area is 107 Å². The molecule has 2 aromatic rings. The highest BCUT2D eigenvalue weighted by atomic mass is 16.1. The Balaban J connectivity index is 2.14. The molecule has 2 rings (SSSR count). The summed E-state index contributed by atoms with van der Waals surface area (Å²) in [5, 5.41) is 0. The average molecular weight is 240 g/mol. The lowest BCUT2D eigenvalue weighted by Crippen LogP contribution is -2.11. The van der Waals surface area contributed by atoms with E-state index in [2.05, 4.69) is 23.2 Å². The molecular weight excluding hydrogens is 224 g/mol. The van der Waals surface area contributed by atoms with Crippen molar-refractivity contribution in [2.24, 2.45) is 5.73 Å². The van der Waals surface area contributed by atoms with Crippen LogP contribution >= 0.6 is 0 Å². The van der Waals surface area contributed by atoms with Crippen LogP contribution in [0.1, 0.15) is 23.1 Å². The predicted octanol–water partition coefficient (Wildman–Crippen LogP) is 2.09. The van der Waals surface area contributed by atoms with Gasteiger partial charge in [0, 0.05) is 18.8 Å². The number of amides is 1. The van der Waals surface area contributed by atoms with E-state index < -0.39 is 0 Å². The molecule has 0 aliphatic heterocycles. The van der Waals surface area contributed by atoms with Crippen LogP contribution in [0, 0.1) is 0 Å². The second-order valence-corrected chi connectivity index (χ2v) is 4.27.